The van der Waals surface area contributed by atoms with Crippen LogP contribution < -0.4 is 9.62 Å². The second-order valence-electron chi connectivity index (χ2n) is 5.44. The van der Waals surface area contributed by atoms with E-state index in [-0.39, 0.29) is 16.6 Å². The van der Waals surface area contributed by atoms with Crippen molar-refractivity contribution in [2.24, 2.45) is 0 Å². The fraction of sp³-hybridized carbons (Fsp3) is 0.333. The van der Waals surface area contributed by atoms with E-state index in [0.717, 1.165) is 39.7 Å². The molecule has 0 saturated carbocycles. The molecule has 0 saturated heterocycles. The molecule has 0 unspecified atom stereocenters. The highest BCUT2D eigenvalue weighted by Gasteiger charge is 2.30. The number of amides is 1. The van der Waals surface area contributed by atoms with Gasteiger partial charge < -0.3 is 4.74 Å². The first-order valence-corrected chi connectivity index (χ1v) is 11.4. The summed E-state index contributed by atoms with van der Waals surface area (Å²) >= 11 is 2.11. The normalized spacial score (nSPS) is 12.3. The van der Waals surface area contributed by atoms with Crippen LogP contribution in [-0.4, -0.2) is 55.7 Å². The Morgan fingerprint density at radius 1 is 1.39 bits per heavy atom. The molecule has 1 N–H and O–H groups in total. The minimum Gasteiger partial charge on any atom is -0.468 e. The van der Waals surface area contributed by atoms with Crippen LogP contribution in [0.4, 0.5) is 15.2 Å². The molecule has 1 atom stereocenters. The van der Waals surface area contributed by atoms with Crippen LogP contribution in [0.5, 0.6) is 0 Å². The van der Waals surface area contributed by atoms with Gasteiger partial charge >= 0.3 is 5.97 Å². The van der Waals surface area contributed by atoms with E-state index in [4.69, 9.17) is 0 Å². The van der Waals surface area contributed by atoms with Crippen molar-refractivity contribution in [2.45, 2.75) is 17.3 Å². The lowest BCUT2D eigenvalue weighted by Gasteiger charge is -2.27. The molecule has 152 valence electrons. The van der Waals surface area contributed by atoms with Gasteiger partial charge in [-0.3, -0.25) is 19.2 Å². The number of esters is 1. The monoisotopic (exact) mass is 448 g/mol. The quantitative estimate of drug-likeness (QED) is 0.368. The third-order valence-electron chi connectivity index (χ3n) is 3.33. The van der Waals surface area contributed by atoms with E-state index in [1.165, 1.54) is 32.2 Å². The van der Waals surface area contributed by atoms with Crippen LogP contribution in [-0.2, 0) is 24.3 Å². The number of methoxy groups -OCH3 is 1. The maximum atomic E-state index is 13.5. The molecule has 2 rings (SSSR count). The van der Waals surface area contributed by atoms with Crippen molar-refractivity contribution in [1.82, 2.24) is 10.2 Å². The number of nitrogens with zero attached hydrogens (tertiary/aromatic N) is 3. The van der Waals surface area contributed by atoms with E-state index in [1.807, 2.05) is 0 Å². The van der Waals surface area contributed by atoms with Gasteiger partial charge in [0, 0.05) is 0 Å². The van der Waals surface area contributed by atoms with E-state index in [9.17, 15) is 22.4 Å². The van der Waals surface area contributed by atoms with Crippen molar-refractivity contribution >= 4 is 55.8 Å². The molecule has 13 heteroatoms. The van der Waals surface area contributed by atoms with Crippen LogP contribution in [0.15, 0.2) is 28.6 Å². The standard InChI is InChI=1S/C15H17FN4O5S3/c1-9(20(28(3,23)24)11-6-4-5-10(16)7-11)13(22)17-14-18-19-15(27-14)26-8-12(21)25-2/h4-7,9H,8H2,1-3H3,(H,17,18,22)/t9-/m1/s1. The molecule has 0 bridgehead atoms. The number of ether oxygens (including phenoxy) is 1. The number of hydrogen-bond acceptors (Lipinski definition) is 9. The van der Waals surface area contributed by atoms with E-state index in [2.05, 4.69) is 20.3 Å². The predicted octanol–water partition coefficient (Wildman–Crippen LogP) is 1.74. The van der Waals surface area contributed by atoms with Crippen molar-refractivity contribution in [3.05, 3.63) is 30.1 Å². The molecule has 1 amide bonds. The first kappa shape index (κ1) is 22.0. The second-order valence-corrected chi connectivity index (χ2v) is 9.50. The lowest BCUT2D eigenvalue weighted by atomic mass is 10.2. The molecular weight excluding hydrogens is 431 g/mol. The molecule has 0 radical (unpaired) electrons. The summed E-state index contributed by atoms with van der Waals surface area (Å²) in [6.45, 7) is 1.37. The van der Waals surface area contributed by atoms with Crippen LogP contribution >= 0.6 is 23.1 Å². The van der Waals surface area contributed by atoms with E-state index < -0.39 is 33.8 Å². The third kappa shape index (κ3) is 5.87. The summed E-state index contributed by atoms with van der Waals surface area (Å²) in [5.41, 5.74) is 0.0248. The Morgan fingerprint density at radius 2 is 2.11 bits per heavy atom. The molecule has 0 fully saturated rings. The Kier molecular flexibility index (Phi) is 7.32. The largest absolute Gasteiger partial charge is 0.468 e. The third-order valence-corrected chi connectivity index (χ3v) is 6.52. The van der Waals surface area contributed by atoms with Crippen molar-refractivity contribution in [3.63, 3.8) is 0 Å². The molecule has 2 aromatic rings. The number of halogens is 1. The van der Waals surface area contributed by atoms with Crippen LogP contribution in [0.2, 0.25) is 0 Å². The van der Waals surface area contributed by atoms with Gasteiger partial charge in [0.15, 0.2) is 4.34 Å². The first-order chi connectivity index (χ1) is 13.1. The lowest BCUT2D eigenvalue weighted by Crippen LogP contribution is -2.45. The number of aromatic nitrogens is 2. The Hall–Kier alpha value is -2.25. The highest BCUT2D eigenvalue weighted by atomic mass is 32.2. The van der Waals surface area contributed by atoms with Crippen molar-refractivity contribution in [3.8, 4) is 0 Å². The fourth-order valence-electron chi connectivity index (χ4n) is 2.13. The molecule has 0 spiro atoms. The molecular formula is C15H17FN4O5S3. The first-order valence-electron chi connectivity index (χ1n) is 7.70. The number of hydrogen-bond donors (Lipinski definition) is 1. The molecule has 9 nitrogen and oxygen atoms in total. The van der Waals surface area contributed by atoms with Crippen molar-refractivity contribution in [2.75, 3.05) is 28.7 Å². The SMILES string of the molecule is COC(=O)CSc1nnc(NC(=O)[C@@H](C)N(c2cccc(F)c2)S(C)(=O)=O)s1. The van der Waals surface area contributed by atoms with E-state index in [0.29, 0.717) is 4.34 Å². The summed E-state index contributed by atoms with van der Waals surface area (Å²) in [6.07, 6.45) is 0.925. The van der Waals surface area contributed by atoms with Gasteiger partial charge in [-0.25, -0.2) is 12.8 Å². The summed E-state index contributed by atoms with van der Waals surface area (Å²) in [5, 5.41) is 10.2. The van der Waals surface area contributed by atoms with Gasteiger partial charge in [0.25, 0.3) is 0 Å². The van der Waals surface area contributed by atoms with Gasteiger partial charge in [0.05, 0.1) is 24.8 Å². The van der Waals surface area contributed by atoms with Gasteiger partial charge in [0.2, 0.25) is 21.1 Å². The summed E-state index contributed by atoms with van der Waals surface area (Å²) < 4.78 is 43.6. The van der Waals surface area contributed by atoms with Crippen molar-refractivity contribution < 1.29 is 27.1 Å². The Balaban J connectivity index is 2.13. The number of thioether (sulfide) groups is 1. The number of nitrogens with one attached hydrogen (secondary N) is 1. The Labute approximate surface area is 169 Å². The minimum atomic E-state index is -3.87. The number of anilines is 2. The van der Waals surface area contributed by atoms with Crippen LogP contribution in [0.25, 0.3) is 0 Å². The number of carbonyl (C=O) groups is 2. The fourth-order valence-corrected chi connectivity index (χ4v) is 4.88. The number of sulfonamides is 1. The summed E-state index contributed by atoms with van der Waals surface area (Å²) in [7, 11) is -2.60. The van der Waals surface area contributed by atoms with Crippen LogP contribution in [0.3, 0.4) is 0 Å². The summed E-state index contributed by atoms with van der Waals surface area (Å²) in [6, 6.07) is 3.76. The average molecular weight is 449 g/mol. The maximum absolute atomic E-state index is 13.5. The molecule has 0 aliphatic rings. The molecule has 1 aromatic heterocycles. The predicted molar refractivity (Wildman–Crippen MR) is 104 cm³/mol. The van der Waals surface area contributed by atoms with E-state index in [1.54, 1.807) is 0 Å². The molecule has 1 aromatic carbocycles. The van der Waals surface area contributed by atoms with Crippen molar-refractivity contribution in [1.29, 1.82) is 0 Å². The Morgan fingerprint density at radius 3 is 2.71 bits per heavy atom. The van der Waals surface area contributed by atoms with Gasteiger partial charge in [-0.05, 0) is 25.1 Å². The molecule has 28 heavy (non-hydrogen) atoms. The zero-order valence-electron chi connectivity index (χ0n) is 15.1. The van der Waals surface area contributed by atoms with Crippen LogP contribution in [0, 0.1) is 5.82 Å². The second kappa shape index (κ2) is 9.30. The average Bonchev–Trinajstić information content (AvgIpc) is 3.06. The summed E-state index contributed by atoms with van der Waals surface area (Å²) in [5.74, 6) is -1.69. The van der Waals surface area contributed by atoms with Gasteiger partial charge in [-0.15, -0.1) is 10.2 Å². The zero-order chi connectivity index (χ0) is 20.9. The summed E-state index contributed by atoms with van der Waals surface area (Å²) in [4.78, 5) is 23.7. The number of rotatable bonds is 8. The van der Waals surface area contributed by atoms with Gasteiger partial charge in [-0.1, -0.05) is 29.2 Å². The van der Waals surface area contributed by atoms with Gasteiger partial charge in [0.1, 0.15) is 11.9 Å². The molecule has 1 heterocycles. The molecule has 0 aliphatic heterocycles. The lowest BCUT2D eigenvalue weighted by molar-refractivity contribution is -0.137. The number of benzene rings is 1. The smallest absolute Gasteiger partial charge is 0.316 e. The maximum Gasteiger partial charge on any atom is 0.316 e. The zero-order valence-corrected chi connectivity index (χ0v) is 17.5. The van der Waals surface area contributed by atoms with Gasteiger partial charge in [-0.2, -0.15) is 0 Å². The Bertz CT molecular complexity index is 966. The van der Waals surface area contributed by atoms with Crippen LogP contribution in [0.1, 0.15) is 6.92 Å². The topological polar surface area (TPSA) is 119 Å². The number of carbonyl (C=O) groups excluding carboxylic acids is 2. The van der Waals surface area contributed by atoms with E-state index >= 15 is 0 Å². The highest BCUT2D eigenvalue weighted by molar-refractivity contribution is 8.01. The minimum absolute atomic E-state index is 0.0248. The molecule has 0 aliphatic carbocycles. The highest BCUT2D eigenvalue weighted by Crippen LogP contribution is 2.27.